The molecule has 2 aromatic carbocycles. The number of nitrogens with zero attached hydrogens (tertiary/aromatic N) is 4. The zero-order valence-electron chi connectivity index (χ0n) is 14.7. The number of hydrogen-bond donors (Lipinski definition) is 1. The number of thioether (sulfide) groups is 1. The van der Waals surface area contributed by atoms with Crippen molar-refractivity contribution in [2.24, 2.45) is 7.05 Å². The monoisotopic (exact) mass is 441 g/mol. The van der Waals surface area contributed by atoms with Gasteiger partial charge in [0.1, 0.15) is 5.52 Å². The van der Waals surface area contributed by atoms with Crippen LogP contribution in [0.2, 0.25) is 0 Å². The Morgan fingerprint density at radius 3 is 2.85 bits per heavy atom. The first-order valence-electron chi connectivity index (χ1n) is 8.29. The molecule has 0 radical (unpaired) electrons. The Labute approximate surface area is 168 Å². The molecule has 0 spiro atoms. The molecule has 0 fully saturated rings. The van der Waals surface area contributed by atoms with Crippen molar-refractivity contribution in [2.75, 3.05) is 11.1 Å². The number of halogens is 1. The summed E-state index contributed by atoms with van der Waals surface area (Å²) >= 11 is 4.73. The van der Waals surface area contributed by atoms with Crippen molar-refractivity contribution >= 4 is 61.4 Å². The van der Waals surface area contributed by atoms with E-state index in [1.165, 1.54) is 11.8 Å². The third-order valence-corrected chi connectivity index (χ3v) is 5.71. The molecule has 0 unspecified atom stereocenters. The number of aryl methyl sites for hydroxylation is 2. The summed E-state index contributed by atoms with van der Waals surface area (Å²) in [6, 6.07) is 13.8. The molecule has 1 amide bonds. The standard InChI is InChI=1S/C19H16BrN5OS/c1-11-7-8-14(13(20)9-11)21-16(26)10-27-19-22-18-17(23-24-19)12-5-3-4-6-15(12)25(18)2/h3-9H,10H2,1-2H3,(H,21,26). The van der Waals surface area contributed by atoms with Crippen molar-refractivity contribution in [2.45, 2.75) is 12.1 Å². The Bertz CT molecular complexity index is 1170. The lowest BCUT2D eigenvalue weighted by atomic mass is 10.2. The summed E-state index contributed by atoms with van der Waals surface area (Å²) in [5.41, 5.74) is 4.45. The predicted molar refractivity (Wildman–Crippen MR) is 112 cm³/mol. The Kier molecular flexibility index (Phi) is 4.84. The summed E-state index contributed by atoms with van der Waals surface area (Å²) in [7, 11) is 1.95. The van der Waals surface area contributed by atoms with Crippen LogP contribution in [0.15, 0.2) is 52.1 Å². The van der Waals surface area contributed by atoms with E-state index in [4.69, 9.17) is 0 Å². The van der Waals surface area contributed by atoms with E-state index < -0.39 is 0 Å². The van der Waals surface area contributed by atoms with Gasteiger partial charge >= 0.3 is 0 Å². The lowest BCUT2D eigenvalue weighted by Crippen LogP contribution is -2.14. The van der Waals surface area contributed by atoms with Gasteiger partial charge in [-0.05, 0) is 46.6 Å². The number of carbonyl (C=O) groups is 1. The Hall–Kier alpha value is -2.45. The Morgan fingerprint density at radius 2 is 2.04 bits per heavy atom. The molecule has 6 nitrogen and oxygen atoms in total. The van der Waals surface area contributed by atoms with Crippen molar-refractivity contribution in [3.05, 3.63) is 52.5 Å². The van der Waals surface area contributed by atoms with Gasteiger partial charge in [0.25, 0.3) is 0 Å². The van der Waals surface area contributed by atoms with Crippen molar-refractivity contribution < 1.29 is 4.79 Å². The quantitative estimate of drug-likeness (QED) is 0.477. The fourth-order valence-electron chi connectivity index (χ4n) is 2.89. The lowest BCUT2D eigenvalue weighted by molar-refractivity contribution is -0.113. The number of hydrogen-bond acceptors (Lipinski definition) is 5. The first kappa shape index (κ1) is 17.9. The average Bonchev–Trinajstić information content (AvgIpc) is 2.95. The van der Waals surface area contributed by atoms with Crippen molar-refractivity contribution in [1.29, 1.82) is 0 Å². The molecule has 4 rings (SSSR count). The number of fused-ring (bicyclic) bond motifs is 3. The maximum absolute atomic E-state index is 12.3. The van der Waals surface area contributed by atoms with E-state index >= 15 is 0 Å². The number of aromatic nitrogens is 4. The summed E-state index contributed by atoms with van der Waals surface area (Å²) in [4.78, 5) is 16.8. The molecule has 0 aliphatic rings. The molecule has 0 aliphatic carbocycles. The van der Waals surface area contributed by atoms with Gasteiger partial charge in [0.15, 0.2) is 5.65 Å². The van der Waals surface area contributed by atoms with Gasteiger partial charge in [0.05, 0.1) is 17.0 Å². The number of carbonyl (C=O) groups excluding carboxylic acids is 1. The maximum atomic E-state index is 12.3. The van der Waals surface area contributed by atoms with Gasteiger partial charge in [0, 0.05) is 16.9 Å². The summed E-state index contributed by atoms with van der Waals surface area (Å²) in [5.74, 6) is 0.0857. The summed E-state index contributed by atoms with van der Waals surface area (Å²) in [6.45, 7) is 2.00. The largest absolute Gasteiger partial charge is 0.327 e. The van der Waals surface area contributed by atoms with Gasteiger partial charge in [-0.15, -0.1) is 10.2 Å². The highest BCUT2D eigenvalue weighted by molar-refractivity contribution is 9.10. The molecular weight excluding hydrogens is 426 g/mol. The lowest BCUT2D eigenvalue weighted by Gasteiger charge is -2.07. The molecule has 0 saturated heterocycles. The van der Waals surface area contributed by atoms with Gasteiger partial charge < -0.3 is 9.88 Å². The molecule has 136 valence electrons. The second-order valence-electron chi connectivity index (χ2n) is 6.16. The number of benzene rings is 2. The first-order chi connectivity index (χ1) is 13.0. The molecule has 0 bridgehead atoms. The van der Waals surface area contributed by atoms with E-state index in [-0.39, 0.29) is 11.7 Å². The van der Waals surface area contributed by atoms with Crippen LogP contribution in [-0.2, 0) is 11.8 Å². The summed E-state index contributed by atoms with van der Waals surface area (Å²) < 4.78 is 2.85. The van der Waals surface area contributed by atoms with Gasteiger partial charge in [0.2, 0.25) is 11.1 Å². The van der Waals surface area contributed by atoms with E-state index in [2.05, 4.69) is 36.4 Å². The van der Waals surface area contributed by atoms with Crippen LogP contribution >= 0.6 is 27.7 Å². The number of amides is 1. The zero-order valence-corrected chi connectivity index (χ0v) is 17.1. The minimum absolute atomic E-state index is 0.120. The van der Waals surface area contributed by atoms with Crippen LogP contribution < -0.4 is 5.32 Å². The Balaban J connectivity index is 1.51. The molecule has 2 aromatic heterocycles. The van der Waals surface area contributed by atoms with Gasteiger partial charge in [-0.25, -0.2) is 4.98 Å². The van der Waals surface area contributed by atoms with Crippen LogP contribution in [0.1, 0.15) is 5.56 Å². The number of anilines is 1. The second kappa shape index (κ2) is 7.28. The molecule has 8 heteroatoms. The third kappa shape index (κ3) is 3.54. The van der Waals surface area contributed by atoms with E-state index in [0.717, 1.165) is 37.8 Å². The topological polar surface area (TPSA) is 72.7 Å². The summed E-state index contributed by atoms with van der Waals surface area (Å²) in [5, 5.41) is 12.9. The minimum atomic E-state index is -0.120. The molecule has 0 saturated carbocycles. The first-order valence-corrected chi connectivity index (χ1v) is 10.1. The maximum Gasteiger partial charge on any atom is 0.234 e. The van der Waals surface area contributed by atoms with E-state index in [9.17, 15) is 4.79 Å². The summed E-state index contributed by atoms with van der Waals surface area (Å²) in [6.07, 6.45) is 0. The fourth-order valence-corrected chi connectivity index (χ4v) is 4.07. The fraction of sp³-hybridized carbons (Fsp3) is 0.158. The van der Waals surface area contributed by atoms with Crippen molar-refractivity contribution in [1.82, 2.24) is 19.7 Å². The number of nitrogens with one attached hydrogen (secondary N) is 1. The molecule has 0 aliphatic heterocycles. The minimum Gasteiger partial charge on any atom is -0.327 e. The molecule has 4 aromatic rings. The third-order valence-electron chi connectivity index (χ3n) is 4.22. The molecule has 1 N–H and O–H groups in total. The van der Waals surface area contributed by atoms with Crippen LogP contribution in [0, 0.1) is 6.92 Å². The second-order valence-corrected chi connectivity index (χ2v) is 7.96. The molecule has 0 atom stereocenters. The highest BCUT2D eigenvalue weighted by atomic mass is 79.9. The number of para-hydroxylation sites is 1. The van der Waals surface area contributed by atoms with Crippen molar-refractivity contribution in [3.8, 4) is 0 Å². The Morgan fingerprint density at radius 1 is 1.22 bits per heavy atom. The zero-order chi connectivity index (χ0) is 19.0. The van der Waals surface area contributed by atoms with Gasteiger partial charge in [-0.1, -0.05) is 36.0 Å². The number of rotatable bonds is 4. The van der Waals surface area contributed by atoms with E-state index in [1.54, 1.807) is 0 Å². The van der Waals surface area contributed by atoms with Crippen LogP contribution in [0.25, 0.3) is 22.1 Å². The average molecular weight is 442 g/mol. The SMILES string of the molecule is Cc1ccc(NC(=O)CSc2nnc3c4ccccc4n(C)c3n2)c(Br)c1. The van der Waals surface area contributed by atoms with Crippen LogP contribution in [0.3, 0.4) is 0 Å². The normalized spacial score (nSPS) is 11.2. The highest BCUT2D eigenvalue weighted by Crippen LogP contribution is 2.26. The predicted octanol–water partition coefficient (Wildman–Crippen LogP) is 4.32. The van der Waals surface area contributed by atoms with Gasteiger partial charge in [-0.2, -0.15) is 0 Å². The van der Waals surface area contributed by atoms with Gasteiger partial charge in [-0.3, -0.25) is 4.79 Å². The molecule has 2 heterocycles. The van der Waals surface area contributed by atoms with Crippen LogP contribution in [0.4, 0.5) is 5.69 Å². The molecule has 27 heavy (non-hydrogen) atoms. The van der Waals surface area contributed by atoms with E-state index in [1.807, 2.05) is 61.0 Å². The highest BCUT2D eigenvalue weighted by Gasteiger charge is 2.13. The smallest absolute Gasteiger partial charge is 0.234 e. The van der Waals surface area contributed by atoms with E-state index in [0.29, 0.717) is 5.16 Å². The van der Waals surface area contributed by atoms with Crippen molar-refractivity contribution in [3.63, 3.8) is 0 Å². The van der Waals surface area contributed by atoms with Crippen LogP contribution in [-0.4, -0.2) is 31.4 Å². The molecular formula is C19H16BrN5OS. The van der Waals surface area contributed by atoms with Crippen LogP contribution in [0.5, 0.6) is 0 Å².